The van der Waals surface area contributed by atoms with Gasteiger partial charge in [0.25, 0.3) is 0 Å². The number of anilines is 1. The van der Waals surface area contributed by atoms with Crippen LogP contribution in [0.25, 0.3) is 22.7 Å². The van der Waals surface area contributed by atoms with Crippen LogP contribution in [0.3, 0.4) is 0 Å². The molecule has 0 aliphatic carbocycles. The largest absolute Gasteiger partial charge is 0.435 e. The Bertz CT molecular complexity index is 728. The summed E-state index contributed by atoms with van der Waals surface area (Å²) >= 11 is 1.44. The van der Waals surface area contributed by atoms with E-state index in [4.69, 9.17) is 4.42 Å². The van der Waals surface area contributed by atoms with Crippen molar-refractivity contribution in [2.75, 3.05) is 5.32 Å². The van der Waals surface area contributed by atoms with Gasteiger partial charge in [0.15, 0.2) is 10.7 Å². The molecule has 0 unspecified atom stereocenters. The zero-order chi connectivity index (χ0) is 14.1. The van der Waals surface area contributed by atoms with E-state index in [0.29, 0.717) is 23.1 Å². The quantitative estimate of drug-likeness (QED) is 0.744. The third-order valence-electron chi connectivity index (χ3n) is 2.86. The van der Waals surface area contributed by atoms with Crippen LogP contribution >= 0.6 is 11.3 Å². The predicted octanol–water partition coefficient (Wildman–Crippen LogP) is 3.64. The molecule has 0 fully saturated rings. The summed E-state index contributed by atoms with van der Waals surface area (Å²) in [4.78, 5) is 20.5. The lowest BCUT2D eigenvalue weighted by atomic mass is 10.1. The summed E-state index contributed by atoms with van der Waals surface area (Å²) in [5.74, 6) is 0.768. The van der Waals surface area contributed by atoms with Crippen LogP contribution in [0.2, 0.25) is 0 Å². The number of nitrogens with zero attached hydrogens (tertiary/aromatic N) is 2. The molecule has 3 rings (SSSR count). The Labute approximate surface area is 119 Å². The van der Waals surface area contributed by atoms with Gasteiger partial charge in [-0.3, -0.25) is 4.79 Å². The van der Waals surface area contributed by atoms with E-state index >= 15 is 0 Å². The van der Waals surface area contributed by atoms with Gasteiger partial charge in [0.1, 0.15) is 11.2 Å². The molecule has 2 aromatic heterocycles. The number of rotatable bonds is 4. The lowest BCUT2D eigenvalue weighted by Crippen LogP contribution is -1.92. The van der Waals surface area contributed by atoms with Crippen LogP contribution in [0.1, 0.15) is 24.6 Å². The fraction of sp³-hybridized carbons (Fsp3) is 0.214. The Balaban J connectivity index is 2.14. The lowest BCUT2D eigenvalue weighted by molar-refractivity contribution is -0.105. The number of hydrogen-bond acceptors (Lipinski definition) is 5. The highest BCUT2D eigenvalue weighted by Gasteiger charge is 2.20. The molecule has 0 atom stereocenters. The van der Waals surface area contributed by atoms with Crippen LogP contribution in [-0.4, -0.2) is 16.4 Å². The molecule has 0 aliphatic heterocycles. The van der Waals surface area contributed by atoms with Crippen molar-refractivity contribution in [2.24, 2.45) is 0 Å². The van der Waals surface area contributed by atoms with Crippen molar-refractivity contribution in [1.82, 2.24) is 9.97 Å². The van der Waals surface area contributed by atoms with Gasteiger partial charge in [-0.25, -0.2) is 9.97 Å². The maximum atomic E-state index is 10.6. The third-order valence-corrected chi connectivity index (χ3v) is 4.14. The molecule has 102 valence electrons. The first kappa shape index (κ1) is 12.8. The second-order valence-electron chi connectivity index (χ2n) is 4.64. The van der Waals surface area contributed by atoms with Crippen LogP contribution in [0, 0.1) is 0 Å². The van der Waals surface area contributed by atoms with Gasteiger partial charge >= 0.3 is 0 Å². The molecule has 2 heterocycles. The van der Waals surface area contributed by atoms with E-state index in [1.807, 2.05) is 24.3 Å². The molecule has 0 saturated heterocycles. The molecule has 1 N–H and O–H groups in total. The number of nitrogens with one attached hydrogen (secondary N) is 1. The van der Waals surface area contributed by atoms with Crippen LogP contribution in [0.5, 0.6) is 0 Å². The zero-order valence-electron chi connectivity index (χ0n) is 11.1. The molecule has 1 aromatic carbocycles. The second kappa shape index (κ2) is 5.05. The van der Waals surface area contributed by atoms with Crippen molar-refractivity contribution < 1.29 is 9.21 Å². The van der Waals surface area contributed by atoms with Gasteiger partial charge in [0.05, 0.1) is 0 Å². The number of hydrogen-bond donors (Lipinski definition) is 1. The average molecular weight is 287 g/mol. The molecule has 0 radical (unpaired) electrons. The van der Waals surface area contributed by atoms with Crippen molar-refractivity contribution >= 4 is 34.0 Å². The second-order valence-corrected chi connectivity index (χ2v) is 5.67. The molecule has 0 spiro atoms. The van der Waals surface area contributed by atoms with E-state index < -0.39 is 0 Å². The normalized spacial score (nSPS) is 11.2. The standard InChI is InChI=1S/C14H13N3O2S/c1-8(2)12-11(17-14(20-12)15-7-18)13-16-9-5-3-4-6-10(9)19-13/h3-8H,1-2H3,(H,15,17,18). The monoisotopic (exact) mass is 287 g/mol. The minimum Gasteiger partial charge on any atom is -0.435 e. The first-order valence-corrected chi connectivity index (χ1v) is 7.07. The van der Waals surface area contributed by atoms with Crippen molar-refractivity contribution in [1.29, 1.82) is 0 Å². The van der Waals surface area contributed by atoms with E-state index in [0.717, 1.165) is 16.0 Å². The van der Waals surface area contributed by atoms with Gasteiger partial charge in [-0.1, -0.05) is 26.0 Å². The van der Waals surface area contributed by atoms with E-state index in [2.05, 4.69) is 29.1 Å². The highest BCUT2D eigenvalue weighted by Crippen LogP contribution is 2.36. The minimum absolute atomic E-state index is 0.278. The Hall–Kier alpha value is -2.21. The molecule has 0 aliphatic rings. The van der Waals surface area contributed by atoms with Crippen molar-refractivity contribution in [3.8, 4) is 11.6 Å². The summed E-state index contributed by atoms with van der Waals surface area (Å²) in [6, 6.07) is 7.59. The van der Waals surface area contributed by atoms with Crippen LogP contribution < -0.4 is 5.32 Å². The average Bonchev–Trinajstić information content (AvgIpc) is 3.01. The molecular weight excluding hydrogens is 274 g/mol. The Kier molecular flexibility index (Phi) is 3.23. The number of benzene rings is 1. The molecular formula is C14H13N3O2S. The number of amides is 1. The summed E-state index contributed by atoms with van der Waals surface area (Å²) < 4.78 is 5.75. The topological polar surface area (TPSA) is 68.0 Å². The molecule has 0 saturated carbocycles. The number of oxazole rings is 1. The van der Waals surface area contributed by atoms with Crippen LogP contribution in [-0.2, 0) is 4.79 Å². The van der Waals surface area contributed by atoms with Crippen LogP contribution in [0.4, 0.5) is 5.13 Å². The fourth-order valence-electron chi connectivity index (χ4n) is 1.96. The summed E-state index contributed by atoms with van der Waals surface area (Å²) in [5.41, 5.74) is 2.23. The number of aromatic nitrogens is 2. The molecule has 0 bridgehead atoms. The summed E-state index contributed by atoms with van der Waals surface area (Å²) in [7, 11) is 0. The van der Waals surface area contributed by atoms with E-state index in [9.17, 15) is 4.79 Å². The number of para-hydroxylation sites is 2. The smallest absolute Gasteiger partial charge is 0.247 e. The molecule has 6 heteroatoms. The van der Waals surface area contributed by atoms with Gasteiger partial charge in [0, 0.05) is 4.88 Å². The number of carbonyl (C=O) groups is 1. The first-order chi connectivity index (χ1) is 9.69. The fourth-order valence-corrected chi connectivity index (χ4v) is 2.88. The highest BCUT2D eigenvalue weighted by molar-refractivity contribution is 7.16. The van der Waals surface area contributed by atoms with Crippen LogP contribution in [0.15, 0.2) is 28.7 Å². The number of fused-ring (bicyclic) bond motifs is 1. The maximum Gasteiger partial charge on any atom is 0.247 e. The predicted molar refractivity (Wildman–Crippen MR) is 78.9 cm³/mol. The summed E-state index contributed by atoms with van der Waals surface area (Å²) in [6.45, 7) is 4.15. The van der Waals surface area contributed by atoms with Gasteiger partial charge in [0.2, 0.25) is 12.3 Å². The third kappa shape index (κ3) is 2.18. The molecule has 1 amide bonds. The molecule has 3 aromatic rings. The molecule has 5 nitrogen and oxygen atoms in total. The van der Waals surface area contributed by atoms with E-state index in [1.54, 1.807) is 0 Å². The number of carbonyl (C=O) groups excluding carboxylic acids is 1. The molecule has 20 heavy (non-hydrogen) atoms. The summed E-state index contributed by atoms with van der Waals surface area (Å²) in [6.07, 6.45) is 0.624. The van der Waals surface area contributed by atoms with Gasteiger partial charge in [-0.15, -0.1) is 11.3 Å². The van der Waals surface area contributed by atoms with Gasteiger partial charge < -0.3 is 9.73 Å². The van der Waals surface area contributed by atoms with Crippen molar-refractivity contribution in [3.63, 3.8) is 0 Å². The Morgan fingerprint density at radius 2 is 2.10 bits per heavy atom. The van der Waals surface area contributed by atoms with E-state index in [1.165, 1.54) is 11.3 Å². The van der Waals surface area contributed by atoms with Gasteiger partial charge in [-0.2, -0.15) is 0 Å². The first-order valence-electron chi connectivity index (χ1n) is 6.26. The lowest BCUT2D eigenvalue weighted by Gasteiger charge is -2.00. The van der Waals surface area contributed by atoms with Gasteiger partial charge in [-0.05, 0) is 18.1 Å². The summed E-state index contributed by atoms with van der Waals surface area (Å²) in [5, 5.41) is 3.14. The van der Waals surface area contributed by atoms with Crippen molar-refractivity contribution in [2.45, 2.75) is 19.8 Å². The Morgan fingerprint density at radius 1 is 1.30 bits per heavy atom. The SMILES string of the molecule is CC(C)c1sc(NC=O)nc1-c1nc2ccccc2o1. The Morgan fingerprint density at radius 3 is 2.80 bits per heavy atom. The van der Waals surface area contributed by atoms with Crippen molar-refractivity contribution in [3.05, 3.63) is 29.1 Å². The zero-order valence-corrected chi connectivity index (χ0v) is 11.9. The number of thiazole rings is 1. The maximum absolute atomic E-state index is 10.6. The van der Waals surface area contributed by atoms with E-state index in [-0.39, 0.29) is 5.92 Å². The highest BCUT2D eigenvalue weighted by atomic mass is 32.1. The minimum atomic E-state index is 0.278.